The maximum atomic E-state index is 12.3. The Bertz CT molecular complexity index is 1000. The van der Waals surface area contributed by atoms with Crippen LogP contribution in [0.4, 0.5) is 5.13 Å². The number of carbonyl (C=O) groups is 1. The van der Waals surface area contributed by atoms with Crippen LogP contribution >= 0.6 is 23.1 Å². The molecule has 1 amide bonds. The van der Waals surface area contributed by atoms with Crippen LogP contribution in [0, 0.1) is 0 Å². The van der Waals surface area contributed by atoms with Gasteiger partial charge in [0.05, 0.1) is 11.4 Å². The van der Waals surface area contributed by atoms with Gasteiger partial charge in [0.25, 0.3) is 5.56 Å². The van der Waals surface area contributed by atoms with Gasteiger partial charge in [-0.2, -0.15) is 16.9 Å². The summed E-state index contributed by atoms with van der Waals surface area (Å²) in [6.45, 7) is -0.127. The van der Waals surface area contributed by atoms with Gasteiger partial charge < -0.3 is 5.32 Å². The summed E-state index contributed by atoms with van der Waals surface area (Å²) in [5, 5.41) is 9.38. The molecule has 0 aliphatic carbocycles. The van der Waals surface area contributed by atoms with E-state index in [2.05, 4.69) is 20.4 Å². The summed E-state index contributed by atoms with van der Waals surface area (Å²) in [4.78, 5) is 33.0. The second kappa shape index (κ2) is 7.38. The maximum absolute atomic E-state index is 12.3. The Morgan fingerprint density at radius 2 is 2.23 bits per heavy atom. The summed E-state index contributed by atoms with van der Waals surface area (Å²) < 4.78 is 1.22. The third-order valence-corrected chi connectivity index (χ3v) is 5.64. The van der Waals surface area contributed by atoms with Gasteiger partial charge in [0.15, 0.2) is 5.13 Å². The van der Waals surface area contributed by atoms with Gasteiger partial charge in [-0.1, -0.05) is 6.07 Å². The summed E-state index contributed by atoms with van der Waals surface area (Å²) in [7, 11) is 0. The van der Waals surface area contributed by atoms with Crippen LogP contribution in [0.15, 0.2) is 40.6 Å². The molecule has 3 aromatic rings. The zero-order chi connectivity index (χ0) is 17.9. The zero-order valence-electron chi connectivity index (χ0n) is 13.7. The molecule has 0 unspecified atom stereocenters. The first-order valence-electron chi connectivity index (χ1n) is 8.03. The first-order chi connectivity index (χ1) is 12.7. The van der Waals surface area contributed by atoms with Gasteiger partial charge in [-0.15, -0.1) is 11.3 Å². The third kappa shape index (κ3) is 3.68. The first kappa shape index (κ1) is 16.9. The fraction of sp³-hybridized carbons (Fsp3) is 0.235. The Morgan fingerprint density at radius 3 is 3.08 bits per heavy atom. The van der Waals surface area contributed by atoms with E-state index in [0.29, 0.717) is 10.8 Å². The number of amides is 1. The topological polar surface area (TPSA) is 89.8 Å². The number of carbonyl (C=O) groups excluding carboxylic acids is 1. The number of aryl methyl sites for hydroxylation is 1. The minimum Gasteiger partial charge on any atom is -0.300 e. The number of aromatic nitrogens is 4. The lowest BCUT2D eigenvalue weighted by Crippen LogP contribution is -2.31. The van der Waals surface area contributed by atoms with Gasteiger partial charge in [-0.05, 0) is 23.4 Å². The van der Waals surface area contributed by atoms with Crippen LogP contribution in [0.25, 0.3) is 11.4 Å². The number of anilines is 1. The van der Waals surface area contributed by atoms with E-state index in [9.17, 15) is 9.59 Å². The Hall–Kier alpha value is -2.52. The molecule has 0 bridgehead atoms. The van der Waals surface area contributed by atoms with Gasteiger partial charge in [0, 0.05) is 29.8 Å². The van der Waals surface area contributed by atoms with Crippen molar-refractivity contribution in [2.75, 3.05) is 11.1 Å². The van der Waals surface area contributed by atoms with Gasteiger partial charge >= 0.3 is 0 Å². The second-order valence-corrected chi connectivity index (χ2v) is 7.68. The molecule has 0 spiro atoms. The van der Waals surface area contributed by atoms with Crippen LogP contribution in [0.5, 0.6) is 0 Å². The van der Waals surface area contributed by atoms with Crippen molar-refractivity contribution in [2.45, 2.75) is 18.7 Å². The molecule has 0 saturated carbocycles. The average Bonchev–Trinajstić information content (AvgIpc) is 3.11. The molecule has 0 fully saturated rings. The zero-order valence-corrected chi connectivity index (χ0v) is 15.3. The van der Waals surface area contributed by atoms with Crippen LogP contribution in [-0.4, -0.2) is 31.4 Å². The Kier molecular flexibility index (Phi) is 4.81. The highest BCUT2D eigenvalue weighted by Gasteiger charge is 2.15. The molecule has 0 aromatic carbocycles. The number of hydrogen-bond donors (Lipinski definition) is 1. The van der Waals surface area contributed by atoms with Crippen molar-refractivity contribution in [3.05, 3.63) is 57.5 Å². The van der Waals surface area contributed by atoms with E-state index in [1.54, 1.807) is 24.0 Å². The van der Waals surface area contributed by atoms with E-state index < -0.39 is 0 Å². The molecular formula is C17H15N5O2S2. The Morgan fingerprint density at radius 1 is 1.31 bits per heavy atom. The van der Waals surface area contributed by atoms with Crippen molar-refractivity contribution < 1.29 is 4.79 Å². The Balaban J connectivity index is 1.46. The van der Waals surface area contributed by atoms with Crippen LogP contribution in [0.3, 0.4) is 0 Å². The van der Waals surface area contributed by atoms with Gasteiger partial charge in [-0.3, -0.25) is 14.6 Å². The molecule has 7 nitrogen and oxygen atoms in total. The van der Waals surface area contributed by atoms with Crippen molar-refractivity contribution >= 4 is 34.1 Å². The van der Waals surface area contributed by atoms with Crippen molar-refractivity contribution in [3.8, 4) is 11.4 Å². The van der Waals surface area contributed by atoms with Crippen molar-refractivity contribution in [1.29, 1.82) is 0 Å². The smallest absolute Gasteiger partial charge is 0.267 e. The summed E-state index contributed by atoms with van der Waals surface area (Å²) >= 11 is 3.11. The van der Waals surface area contributed by atoms with E-state index >= 15 is 0 Å². The molecule has 0 saturated heterocycles. The standard InChI is InChI=1S/C17H15N5O2S2/c23-15(8-22-16(24)7-11-9-25-6-4-12(11)21-22)20-17-19-14(10-26-17)13-3-1-2-5-18-13/h1-3,5,7,10H,4,6,8-9H2,(H,19,20,23). The largest absolute Gasteiger partial charge is 0.300 e. The molecule has 0 radical (unpaired) electrons. The minimum atomic E-state index is -0.327. The molecular weight excluding hydrogens is 370 g/mol. The molecule has 0 atom stereocenters. The molecule has 1 aliphatic heterocycles. The predicted octanol–water partition coefficient (Wildman–Crippen LogP) is 2.19. The molecule has 9 heteroatoms. The van der Waals surface area contributed by atoms with Gasteiger partial charge in [0.2, 0.25) is 5.91 Å². The number of nitrogens with one attached hydrogen (secondary N) is 1. The monoisotopic (exact) mass is 385 g/mol. The second-order valence-electron chi connectivity index (χ2n) is 5.72. The minimum absolute atomic E-state index is 0.127. The number of fused-ring (bicyclic) bond motifs is 1. The van der Waals surface area contributed by atoms with E-state index in [-0.39, 0.29) is 18.0 Å². The normalized spacial score (nSPS) is 13.2. The summed E-state index contributed by atoms with van der Waals surface area (Å²) in [6, 6.07) is 7.16. The highest BCUT2D eigenvalue weighted by atomic mass is 32.2. The Labute approximate surface area is 157 Å². The number of thiazole rings is 1. The lowest BCUT2D eigenvalue weighted by Gasteiger charge is -2.15. The first-order valence-corrected chi connectivity index (χ1v) is 10.1. The number of thioether (sulfide) groups is 1. The fourth-order valence-corrected chi connectivity index (χ4v) is 4.30. The maximum Gasteiger partial charge on any atom is 0.267 e. The van der Waals surface area contributed by atoms with E-state index in [0.717, 1.165) is 34.9 Å². The average molecular weight is 385 g/mol. The molecule has 4 heterocycles. The highest BCUT2D eigenvalue weighted by Crippen LogP contribution is 2.23. The lowest BCUT2D eigenvalue weighted by atomic mass is 10.2. The third-order valence-electron chi connectivity index (χ3n) is 3.88. The summed E-state index contributed by atoms with van der Waals surface area (Å²) in [6.07, 6.45) is 2.52. The van der Waals surface area contributed by atoms with E-state index in [4.69, 9.17) is 0 Å². The van der Waals surface area contributed by atoms with Crippen LogP contribution < -0.4 is 10.9 Å². The highest BCUT2D eigenvalue weighted by molar-refractivity contribution is 7.98. The number of rotatable bonds is 4. The van der Waals surface area contributed by atoms with E-state index in [1.807, 2.05) is 23.6 Å². The van der Waals surface area contributed by atoms with Gasteiger partial charge in [-0.25, -0.2) is 9.67 Å². The molecule has 26 heavy (non-hydrogen) atoms. The molecule has 132 valence electrons. The molecule has 4 rings (SSSR count). The van der Waals surface area contributed by atoms with Crippen LogP contribution in [-0.2, 0) is 23.5 Å². The molecule has 1 aliphatic rings. The lowest BCUT2D eigenvalue weighted by molar-refractivity contribution is -0.117. The van der Waals surface area contributed by atoms with E-state index in [1.165, 1.54) is 16.0 Å². The molecule has 1 N–H and O–H groups in total. The number of hydrogen-bond acceptors (Lipinski definition) is 7. The number of pyridine rings is 1. The van der Waals surface area contributed by atoms with Crippen molar-refractivity contribution in [3.63, 3.8) is 0 Å². The quantitative estimate of drug-likeness (QED) is 0.740. The fourth-order valence-electron chi connectivity index (χ4n) is 2.62. The number of nitrogens with zero attached hydrogens (tertiary/aromatic N) is 4. The molecule has 3 aromatic heterocycles. The SMILES string of the molecule is O=C(Cn1nc2c(cc1=O)CSCC2)Nc1nc(-c2ccccn2)cs1. The summed E-state index contributed by atoms with van der Waals surface area (Å²) in [5.74, 6) is 1.46. The predicted molar refractivity (Wildman–Crippen MR) is 102 cm³/mol. The van der Waals surface area contributed by atoms with Crippen molar-refractivity contribution in [2.24, 2.45) is 0 Å². The van der Waals surface area contributed by atoms with Gasteiger partial charge in [0.1, 0.15) is 12.2 Å². The summed E-state index contributed by atoms with van der Waals surface area (Å²) in [5.41, 5.74) is 3.07. The van der Waals surface area contributed by atoms with Crippen molar-refractivity contribution in [1.82, 2.24) is 19.7 Å². The van der Waals surface area contributed by atoms with Crippen LogP contribution in [0.1, 0.15) is 11.3 Å². The van der Waals surface area contributed by atoms with Crippen LogP contribution in [0.2, 0.25) is 0 Å².